The highest BCUT2D eigenvalue weighted by atomic mass is 35.5. The summed E-state index contributed by atoms with van der Waals surface area (Å²) >= 11 is 6.13. The molecule has 1 heterocycles. The normalized spacial score (nSPS) is 11.3. The van der Waals surface area contributed by atoms with Crippen molar-refractivity contribution >= 4 is 40.5 Å². The molecule has 0 bridgehead atoms. The first-order valence-electron chi connectivity index (χ1n) is 9.00. The highest BCUT2D eigenvalue weighted by molar-refractivity contribution is 6.31. The molecule has 0 aliphatic heterocycles. The van der Waals surface area contributed by atoms with E-state index in [1.54, 1.807) is 38.2 Å². The van der Waals surface area contributed by atoms with Crippen LogP contribution in [0, 0.1) is 0 Å². The Morgan fingerprint density at radius 1 is 1.33 bits per heavy atom. The van der Waals surface area contributed by atoms with Gasteiger partial charge in [0.2, 0.25) is 5.95 Å². The molecule has 1 aromatic heterocycles. The fourth-order valence-electron chi connectivity index (χ4n) is 2.89. The standard InChI is InChI=1S/C21H18ClF2N3O3/c1-3-29-17(28)8-7-13-10-15(12-5-4-6-14(22)9-12)16-11-26-21(25-2)27-18(16)19(13)30-20(23)24/h4-11,20H,3H2,1-2H3,(H,25,26,27). The molecule has 0 radical (unpaired) electrons. The van der Waals surface area contributed by atoms with Gasteiger partial charge < -0.3 is 14.8 Å². The molecule has 0 fully saturated rings. The van der Waals surface area contributed by atoms with Gasteiger partial charge in [-0.25, -0.2) is 14.8 Å². The number of carbonyl (C=O) groups excluding carboxylic acids is 1. The van der Waals surface area contributed by atoms with E-state index in [1.165, 1.54) is 12.3 Å². The van der Waals surface area contributed by atoms with E-state index in [9.17, 15) is 13.6 Å². The van der Waals surface area contributed by atoms with E-state index in [1.807, 2.05) is 6.07 Å². The number of nitrogens with one attached hydrogen (secondary N) is 1. The van der Waals surface area contributed by atoms with Crippen molar-refractivity contribution in [2.24, 2.45) is 0 Å². The Morgan fingerprint density at radius 2 is 2.13 bits per heavy atom. The van der Waals surface area contributed by atoms with Crippen molar-refractivity contribution in [2.75, 3.05) is 19.0 Å². The fraction of sp³-hybridized carbons (Fsp3) is 0.190. The summed E-state index contributed by atoms with van der Waals surface area (Å²) in [5, 5.41) is 3.77. The smallest absolute Gasteiger partial charge is 0.387 e. The van der Waals surface area contributed by atoms with Gasteiger partial charge in [-0.15, -0.1) is 0 Å². The molecule has 1 N–H and O–H groups in total. The van der Waals surface area contributed by atoms with Gasteiger partial charge in [0, 0.05) is 35.3 Å². The van der Waals surface area contributed by atoms with Crippen molar-refractivity contribution in [3.8, 4) is 16.9 Å². The van der Waals surface area contributed by atoms with Gasteiger partial charge in [-0.05, 0) is 42.3 Å². The number of benzene rings is 2. The van der Waals surface area contributed by atoms with Crippen molar-refractivity contribution in [1.29, 1.82) is 0 Å². The number of esters is 1. The molecule has 3 rings (SSSR count). The highest BCUT2D eigenvalue weighted by Crippen LogP contribution is 2.39. The molecule has 0 amide bonds. The lowest BCUT2D eigenvalue weighted by Gasteiger charge is -2.15. The Kier molecular flexibility index (Phi) is 6.79. The zero-order valence-corrected chi connectivity index (χ0v) is 16.9. The lowest BCUT2D eigenvalue weighted by molar-refractivity contribution is -0.137. The molecule has 0 spiro atoms. The number of anilines is 1. The van der Waals surface area contributed by atoms with Crippen molar-refractivity contribution < 1.29 is 23.0 Å². The molecule has 0 saturated heterocycles. The van der Waals surface area contributed by atoms with Gasteiger partial charge in [-0.1, -0.05) is 23.7 Å². The van der Waals surface area contributed by atoms with Crippen LogP contribution in [-0.4, -0.2) is 36.2 Å². The van der Waals surface area contributed by atoms with Gasteiger partial charge in [0.15, 0.2) is 5.75 Å². The first-order valence-corrected chi connectivity index (χ1v) is 9.37. The van der Waals surface area contributed by atoms with E-state index < -0.39 is 12.6 Å². The molecule has 156 valence electrons. The third-order valence-corrected chi connectivity index (χ3v) is 4.34. The number of aromatic nitrogens is 2. The van der Waals surface area contributed by atoms with E-state index in [0.717, 1.165) is 11.6 Å². The monoisotopic (exact) mass is 433 g/mol. The summed E-state index contributed by atoms with van der Waals surface area (Å²) in [6.45, 7) is -1.23. The van der Waals surface area contributed by atoms with Gasteiger partial charge in [0.1, 0.15) is 5.52 Å². The van der Waals surface area contributed by atoms with Crippen molar-refractivity contribution in [2.45, 2.75) is 13.5 Å². The second-order valence-electron chi connectivity index (χ2n) is 6.02. The third-order valence-electron chi connectivity index (χ3n) is 4.11. The van der Waals surface area contributed by atoms with Crippen molar-refractivity contribution in [1.82, 2.24) is 9.97 Å². The average molecular weight is 434 g/mol. The first-order chi connectivity index (χ1) is 14.4. The maximum atomic E-state index is 13.2. The van der Waals surface area contributed by atoms with Crippen LogP contribution in [0.15, 0.2) is 42.6 Å². The lowest BCUT2D eigenvalue weighted by Crippen LogP contribution is -2.07. The van der Waals surface area contributed by atoms with Gasteiger partial charge in [0.05, 0.1) is 6.61 Å². The Labute approximate surface area is 176 Å². The molecule has 3 aromatic rings. The summed E-state index contributed by atoms with van der Waals surface area (Å²) in [5.41, 5.74) is 1.75. The van der Waals surface area contributed by atoms with Gasteiger partial charge >= 0.3 is 12.6 Å². The molecule has 0 aliphatic carbocycles. The zero-order chi connectivity index (χ0) is 21.7. The number of hydrogen-bond acceptors (Lipinski definition) is 6. The molecule has 0 unspecified atom stereocenters. The van der Waals surface area contributed by atoms with E-state index >= 15 is 0 Å². The zero-order valence-electron chi connectivity index (χ0n) is 16.2. The number of hydrogen-bond donors (Lipinski definition) is 1. The van der Waals surface area contributed by atoms with E-state index in [0.29, 0.717) is 16.0 Å². The lowest BCUT2D eigenvalue weighted by atomic mass is 9.97. The second kappa shape index (κ2) is 9.49. The van der Waals surface area contributed by atoms with Crippen LogP contribution in [0.1, 0.15) is 12.5 Å². The third kappa shape index (κ3) is 4.83. The van der Waals surface area contributed by atoms with Crippen molar-refractivity contribution in [3.05, 3.63) is 53.2 Å². The summed E-state index contributed by atoms with van der Waals surface area (Å²) in [6, 6.07) is 8.65. The van der Waals surface area contributed by atoms with Crippen LogP contribution in [-0.2, 0) is 9.53 Å². The van der Waals surface area contributed by atoms with Gasteiger partial charge in [-0.2, -0.15) is 8.78 Å². The highest BCUT2D eigenvalue weighted by Gasteiger charge is 2.19. The molecular weight excluding hydrogens is 416 g/mol. The number of halogens is 3. The van der Waals surface area contributed by atoms with Crippen LogP contribution in [0.4, 0.5) is 14.7 Å². The van der Waals surface area contributed by atoms with Crippen LogP contribution in [0.3, 0.4) is 0 Å². The number of rotatable bonds is 7. The number of fused-ring (bicyclic) bond motifs is 1. The van der Waals surface area contributed by atoms with E-state index in [2.05, 4.69) is 15.3 Å². The first kappa shape index (κ1) is 21.4. The largest absolute Gasteiger partial charge is 0.463 e. The van der Waals surface area contributed by atoms with E-state index in [4.69, 9.17) is 21.1 Å². The maximum absolute atomic E-state index is 13.2. The molecule has 30 heavy (non-hydrogen) atoms. The molecule has 9 heteroatoms. The van der Waals surface area contributed by atoms with E-state index in [-0.39, 0.29) is 29.4 Å². The predicted molar refractivity (Wildman–Crippen MR) is 112 cm³/mol. The summed E-state index contributed by atoms with van der Waals surface area (Å²) < 4.78 is 36.0. The average Bonchev–Trinajstić information content (AvgIpc) is 2.72. The topological polar surface area (TPSA) is 73.3 Å². The number of nitrogens with zero attached hydrogens (tertiary/aromatic N) is 2. The molecule has 0 saturated carbocycles. The number of alkyl halides is 2. The van der Waals surface area contributed by atoms with Gasteiger partial charge in [-0.3, -0.25) is 0 Å². The minimum absolute atomic E-state index is 0.163. The Balaban J connectivity index is 2.31. The molecule has 0 aliphatic rings. The number of ether oxygens (including phenoxy) is 2. The molecule has 2 aromatic carbocycles. The quantitative estimate of drug-likeness (QED) is 0.409. The van der Waals surface area contributed by atoms with Crippen LogP contribution in [0.5, 0.6) is 5.75 Å². The Bertz CT molecular complexity index is 1110. The molecule has 6 nitrogen and oxygen atoms in total. The number of carbonyl (C=O) groups is 1. The van der Waals surface area contributed by atoms with Crippen LogP contribution in [0.2, 0.25) is 5.02 Å². The second-order valence-corrected chi connectivity index (χ2v) is 6.46. The van der Waals surface area contributed by atoms with Crippen LogP contribution >= 0.6 is 11.6 Å². The minimum atomic E-state index is -3.09. The summed E-state index contributed by atoms with van der Waals surface area (Å²) in [4.78, 5) is 20.3. The Hall–Kier alpha value is -3.26. The molecular formula is C21H18ClF2N3O3. The summed E-state index contributed by atoms with van der Waals surface area (Å²) in [7, 11) is 1.61. The van der Waals surface area contributed by atoms with Crippen molar-refractivity contribution in [3.63, 3.8) is 0 Å². The fourth-order valence-corrected chi connectivity index (χ4v) is 3.08. The SMILES string of the molecule is CCOC(=O)C=Cc1cc(-c2cccc(Cl)c2)c2cnc(NC)nc2c1OC(F)F. The summed E-state index contributed by atoms with van der Waals surface area (Å²) in [5.74, 6) is -0.557. The maximum Gasteiger partial charge on any atom is 0.387 e. The van der Waals surface area contributed by atoms with Gasteiger partial charge in [0.25, 0.3) is 0 Å². The predicted octanol–water partition coefficient (Wildman–Crippen LogP) is 5.17. The van der Waals surface area contributed by atoms with Crippen LogP contribution in [0.25, 0.3) is 28.1 Å². The van der Waals surface area contributed by atoms with Crippen LogP contribution < -0.4 is 10.1 Å². The summed E-state index contributed by atoms with van der Waals surface area (Å²) in [6.07, 6.45) is 4.01. The Morgan fingerprint density at radius 3 is 2.80 bits per heavy atom. The molecule has 0 atom stereocenters. The minimum Gasteiger partial charge on any atom is -0.463 e.